The molecule has 4 aliphatic rings. The molecular weight excluding hydrogens is 460 g/mol. The molecule has 3 N–H and O–H groups in total. The molecule has 0 aliphatic carbocycles. The molecule has 0 amide bonds. The van der Waals surface area contributed by atoms with Crippen LogP contribution in [0.1, 0.15) is 42.4 Å². The molecule has 184 valence electrons. The molecule has 0 saturated carbocycles. The minimum atomic E-state index is -1.04. The third kappa shape index (κ3) is 7.23. The van der Waals surface area contributed by atoms with Gasteiger partial charge in [0.25, 0.3) is 0 Å². The zero-order valence-electron chi connectivity index (χ0n) is 19.7. The van der Waals surface area contributed by atoms with Gasteiger partial charge < -0.3 is 15.2 Å². The summed E-state index contributed by atoms with van der Waals surface area (Å²) in [5.74, 6) is -0.915. The number of fused-ring (bicyclic) bond motifs is 2. The molecule has 0 radical (unpaired) electrons. The van der Waals surface area contributed by atoms with Gasteiger partial charge in [0.05, 0.1) is 12.0 Å². The van der Waals surface area contributed by atoms with Gasteiger partial charge >= 0.3 is 11.9 Å². The number of rotatable bonds is 4. The van der Waals surface area contributed by atoms with Crippen molar-refractivity contribution in [3.63, 3.8) is 0 Å². The predicted octanol–water partition coefficient (Wildman–Crippen LogP) is 4.52. The number of carbonyl (C=O) groups excluding carboxylic acids is 1. The number of allylic oxidation sites excluding steroid dienone is 1. The average molecular weight is 493 g/mol. The van der Waals surface area contributed by atoms with Gasteiger partial charge in [-0.1, -0.05) is 79.6 Å². The topological polar surface area (TPSA) is 87.7 Å². The van der Waals surface area contributed by atoms with Crippen LogP contribution < -0.4 is 10.6 Å². The Morgan fingerprint density at radius 1 is 1.03 bits per heavy atom. The first-order valence-corrected chi connectivity index (χ1v) is 13.2. The van der Waals surface area contributed by atoms with Crippen LogP contribution in [0, 0.1) is 0 Å². The first kappa shape index (κ1) is 25.1. The van der Waals surface area contributed by atoms with E-state index in [4.69, 9.17) is 4.74 Å². The lowest BCUT2D eigenvalue weighted by atomic mass is 10.0. The van der Waals surface area contributed by atoms with Crippen molar-refractivity contribution in [2.75, 3.05) is 12.4 Å². The monoisotopic (exact) mass is 492 g/mol. The fraction of sp³-hybridized carbons (Fsp3) is 0.357. The number of carboxylic acids is 1. The molecule has 6 nitrogen and oxygen atoms in total. The van der Waals surface area contributed by atoms with Crippen molar-refractivity contribution < 1.29 is 19.4 Å². The van der Waals surface area contributed by atoms with Crippen molar-refractivity contribution in [1.82, 2.24) is 10.6 Å². The van der Waals surface area contributed by atoms with E-state index < -0.39 is 17.4 Å². The molecular formula is C28H32N2O4S. The Labute approximate surface area is 210 Å². The van der Waals surface area contributed by atoms with Crippen molar-refractivity contribution in [3.8, 4) is 0 Å². The zero-order valence-corrected chi connectivity index (χ0v) is 20.6. The largest absolute Gasteiger partial charge is 0.477 e. The average Bonchev–Trinajstić information content (AvgIpc) is 2.88. The van der Waals surface area contributed by atoms with Crippen molar-refractivity contribution in [1.29, 1.82) is 0 Å². The Kier molecular flexibility index (Phi) is 9.03. The molecule has 2 unspecified atom stereocenters. The van der Waals surface area contributed by atoms with Gasteiger partial charge in [0.2, 0.25) is 0 Å². The SMILES string of the molecule is O=C(O)C1=C2C=Cc3ccc(cc3)CCCCCCOC(=O)C(NCc3ccccc3)C(N1)SC2. The second-order valence-corrected chi connectivity index (χ2v) is 9.96. The molecule has 2 aromatic rings. The van der Waals surface area contributed by atoms with Crippen LogP contribution in [0.4, 0.5) is 0 Å². The van der Waals surface area contributed by atoms with Crippen LogP contribution in [0.25, 0.3) is 6.08 Å². The van der Waals surface area contributed by atoms with E-state index in [1.807, 2.05) is 42.5 Å². The summed E-state index contributed by atoms with van der Waals surface area (Å²) in [5, 5.41) is 15.9. The normalized spacial score (nSPS) is 21.5. The quantitative estimate of drug-likeness (QED) is 0.541. The van der Waals surface area contributed by atoms with Gasteiger partial charge in [0, 0.05) is 12.3 Å². The molecule has 2 aromatic carbocycles. The van der Waals surface area contributed by atoms with E-state index in [-0.39, 0.29) is 11.7 Å². The molecule has 0 fully saturated rings. The van der Waals surface area contributed by atoms with Gasteiger partial charge in [0.15, 0.2) is 0 Å². The number of aryl methyl sites for hydroxylation is 1. The molecule has 4 aliphatic heterocycles. The van der Waals surface area contributed by atoms with Gasteiger partial charge in [-0.05, 0) is 41.5 Å². The van der Waals surface area contributed by atoms with Crippen LogP contribution in [0.15, 0.2) is 71.9 Å². The second kappa shape index (κ2) is 12.6. The molecule has 0 spiro atoms. The highest BCUT2D eigenvalue weighted by Crippen LogP contribution is 2.27. The number of hydrogen-bond acceptors (Lipinski definition) is 6. The number of carbonyl (C=O) groups is 2. The molecule has 0 aromatic heterocycles. The van der Waals surface area contributed by atoms with Crippen molar-refractivity contribution >= 4 is 29.8 Å². The molecule has 0 saturated heterocycles. The van der Waals surface area contributed by atoms with Crippen LogP contribution in [0.5, 0.6) is 0 Å². The Hall–Kier alpha value is -3.03. The van der Waals surface area contributed by atoms with Crippen molar-refractivity contribution in [2.45, 2.75) is 50.1 Å². The van der Waals surface area contributed by atoms with Crippen LogP contribution in [-0.2, 0) is 27.3 Å². The number of nitrogens with one attached hydrogen (secondary N) is 2. The highest BCUT2D eigenvalue weighted by Gasteiger charge is 2.34. The van der Waals surface area contributed by atoms with Gasteiger partial charge in [-0.15, -0.1) is 11.8 Å². The van der Waals surface area contributed by atoms with Gasteiger partial charge in [-0.2, -0.15) is 0 Å². The summed E-state index contributed by atoms with van der Waals surface area (Å²) in [5.41, 5.74) is 4.18. The highest BCUT2D eigenvalue weighted by molar-refractivity contribution is 8.00. The first-order chi connectivity index (χ1) is 17.1. The highest BCUT2D eigenvalue weighted by atomic mass is 32.2. The van der Waals surface area contributed by atoms with Crippen LogP contribution in [-0.4, -0.2) is 40.8 Å². The third-order valence-corrected chi connectivity index (χ3v) is 7.45. The summed E-state index contributed by atoms with van der Waals surface area (Å²) in [6, 6.07) is 17.6. The standard InChI is InChI=1S/C28H32N2O4S/c31-27(32)24-23-16-15-21-13-11-20(12-14-21)8-4-1-2-7-17-34-28(33)25(26(30-24)35-19-23)29-18-22-9-5-3-6-10-22/h3,5-6,9-16,25-26,29-30H,1-2,4,7-8,17-19H2,(H,31,32). The van der Waals surface area contributed by atoms with Gasteiger partial charge in [0.1, 0.15) is 11.7 Å². The molecule has 4 heterocycles. The fourth-order valence-electron chi connectivity index (χ4n) is 4.22. The minimum absolute atomic E-state index is 0.124. The summed E-state index contributed by atoms with van der Waals surface area (Å²) in [4.78, 5) is 25.2. The number of esters is 1. The molecule has 2 atom stereocenters. The first-order valence-electron chi connectivity index (χ1n) is 12.2. The van der Waals surface area contributed by atoms with Crippen molar-refractivity contribution in [2.24, 2.45) is 0 Å². The Balaban J connectivity index is 1.58. The number of hydrogen-bond donors (Lipinski definition) is 3. The number of benzene rings is 2. The van der Waals surface area contributed by atoms with Crippen LogP contribution in [0.2, 0.25) is 0 Å². The Bertz CT molecular complexity index is 1070. The Morgan fingerprint density at radius 2 is 1.80 bits per heavy atom. The fourth-order valence-corrected chi connectivity index (χ4v) is 5.42. The van der Waals surface area contributed by atoms with Crippen molar-refractivity contribution in [3.05, 3.63) is 88.6 Å². The minimum Gasteiger partial charge on any atom is -0.477 e. The van der Waals surface area contributed by atoms with Gasteiger partial charge in [-0.25, -0.2) is 4.79 Å². The van der Waals surface area contributed by atoms with E-state index in [0.29, 0.717) is 24.5 Å². The van der Waals surface area contributed by atoms with E-state index in [2.05, 4.69) is 34.9 Å². The number of carboxylic acid groups (broad SMARTS) is 1. The molecule has 7 heteroatoms. The maximum Gasteiger partial charge on any atom is 0.352 e. The molecule has 4 bridgehead atoms. The predicted molar refractivity (Wildman–Crippen MR) is 140 cm³/mol. The van der Waals surface area contributed by atoms with Crippen LogP contribution in [0.3, 0.4) is 0 Å². The van der Waals surface area contributed by atoms with Gasteiger partial charge in [-0.3, -0.25) is 10.1 Å². The van der Waals surface area contributed by atoms with E-state index in [0.717, 1.165) is 43.2 Å². The number of ether oxygens (including phenoxy) is 1. The molecule has 35 heavy (non-hydrogen) atoms. The summed E-state index contributed by atoms with van der Waals surface area (Å²) < 4.78 is 5.64. The number of thioether (sulfide) groups is 1. The summed E-state index contributed by atoms with van der Waals surface area (Å²) in [7, 11) is 0. The maximum absolute atomic E-state index is 13.1. The smallest absolute Gasteiger partial charge is 0.352 e. The lowest BCUT2D eigenvalue weighted by molar-refractivity contribution is -0.146. The van der Waals surface area contributed by atoms with E-state index in [9.17, 15) is 14.7 Å². The lowest BCUT2D eigenvalue weighted by Gasteiger charge is -2.32. The zero-order chi connectivity index (χ0) is 24.5. The molecule has 6 rings (SSSR count). The maximum atomic E-state index is 13.1. The second-order valence-electron chi connectivity index (χ2n) is 8.83. The van der Waals surface area contributed by atoms with E-state index >= 15 is 0 Å². The van der Waals surface area contributed by atoms with Crippen LogP contribution >= 0.6 is 11.8 Å². The summed E-state index contributed by atoms with van der Waals surface area (Å²) in [6.45, 7) is 0.845. The Morgan fingerprint density at radius 3 is 2.57 bits per heavy atom. The lowest BCUT2D eigenvalue weighted by Crippen LogP contribution is -2.53. The number of aliphatic carboxylic acids is 1. The third-order valence-electron chi connectivity index (χ3n) is 6.23. The summed E-state index contributed by atoms with van der Waals surface area (Å²) in [6.07, 6.45) is 8.82. The van der Waals surface area contributed by atoms with E-state index in [1.54, 1.807) is 0 Å². The van der Waals surface area contributed by atoms with E-state index in [1.165, 1.54) is 17.3 Å². The summed E-state index contributed by atoms with van der Waals surface area (Å²) >= 11 is 1.51.